The fourth-order valence-electron chi connectivity index (χ4n) is 8.08. The molecule has 162 valence electrons. The lowest BCUT2D eigenvalue weighted by molar-refractivity contribution is -0.116. The largest absolute Gasteiger partial charge is 0.295 e. The highest BCUT2D eigenvalue weighted by molar-refractivity contribution is 5.91. The summed E-state index contributed by atoms with van der Waals surface area (Å²) in [6.45, 7) is 12.4. The van der Waals surface area contributed by atoms with Crippen LogP contribution >= 0.6 is 0 Å². The van der Waals surface area contributed by atoms with Gasteiger partial charge < -0.3 is 0 Å². The fraction of sp³-hybridized carbons (Fsp3) is 0.821. The van der Waals surface area contributed by atoms with E-state index in [4.69, 9.17) is 0 Å². The molecule has 4 aliphatic rings. The minimum absolute atomic E-state index is 0.259. The zero-order valence-electron chi connectivity index (χ0n) is 19.7. The highest BCUT2D eigenvalue weighted by Crippen LogP contribution is 2.64. The van der Waals surface area contributed by atoms with Crippen LogP contribution in [0.2, 0.25) is 0 Å². The first-order valence-electron chi connectivity index (χ1n) is 12.7. The van der Waals surface area contributed by atoms with Gasteiger partial charge in [0.15, 0.2) is 5.78 Å². The van der Waals surface area contributed by atoms with Crippen molar-refractivity contribution in [1.29, 1.82) is 0 Å². The molecule has 0 saturated heterocycles. The molecule has 2 fully saturated rings. The van der Waals surface area contributed by atoms with E-state index in [-0.39, 0.29) is 5.41 Å². The standard InChI is InChI=1S/C28H44O/c1-19(2)8-6-9-20(3)24-10-7-11-25-23-13-12-21-18-22(29)14-16-27(21,4)26(23)15-17-28(24,25)5/h13,18-20,24-26H,6-12,14-17H2,1-5H3. The van der Waals surface area contributed by atoms with Crippen molar-refractivity contribution in [3.05, 3.63) is 23.3 Å². The molecule has 6 atom stereocenters. The summed E-state index contributed by atoms with van der Waals surface area (Å²) in [5, 5.41) is 0. The Balaban J connectivity index is 1.56. The van der Waals surface area contributed by atoms with Crippen molar-refractivity contribution in [3.63, 3.8) is 0 Å². The molecule has 4 aliphatic carbocycles. The Morgan fingerprint density at radius 3 is 2.59 bits per heavy atom. The van der Waals surface area contributed by atoms with Gasteiger partial charge in [0.05, 0.1) is 0 Å². The summed E-state index contributed by atoms with van der Waals surface area (Å²) in [4.78, 5) is 12.0. The molecule has 6 unspecified atom stereocenters. The van der Waals surface area contributed by atoms with Gasteiger partial charge in [-0.3, -0.25) is 4.79 Å². The van der Waals surface area contributed by atoms with E-state index in [2.05, 4.69) is 40.7 Å². The van der Waals surface area contributed by atoms with Gasteiger partial charge >= 0.3 is 0 Å². The van der Waals surface area contributed by atoms with E-state index >= 15 is 0 Å². The maximum atomic E-state index is 12.0. The van der Waals surface area contributed by atoms with Gasteiger partial charge in [0.1, 0.15) is 0 Å². The van der Waals surface area contributed by atoms with E-state index in [0.717, 1.165) is 42.9 Å². The van der Waals surface area contributed by atoms with E-state index in [0.29, 0.717) is 17.1 Å². The van der Waals surface area contributed by atoms with E-state index < -0.39 is 0 Å². The van der Waals surface area contributed by atoms with E-state index in [1.165, 1.54) is 56.9 Å². The van der Waals surface area contributed by atoms with Crippen LogP contribution in [0.3, 0.4) is 0 Å². The Hall–Kier alpha value is -0.850. The molecular weight excluding hydrogens is 352 g/mol. The van der Waals surface area contributed by atoms with Gasteiger partial charge in [-0.15, -0.1) is 0 Å². The third-order valence-electron chi connectivity index (χ3n) is 9.84. The maximum absolute atomic E-state index is 12.0. The molecule has 0 aromatic heterocycles. The molecule has 0 aliphatic heterocycles. The molecule has 0 radical (unpaired) electrons. The molecule has 0 N–H and O–H groups in total. The van der Waals surface area contributed by atoms with Crippen LogP contribution in [0.25, 0.3) is 0 Å². The van der Waals surface area contributed by atoms with Crippen LogP contribution < -0.4 is 0 Å². The molecule has 0 amide bonds. The van der Waals surface area contributed by atoms with Gasteiger partial charge in [-0.25, -0.2) is 0 Å². The zero-order chi connectivity index (χ0) is 20.8. The number of ketones is 1. The van der Waals surface area contributed by atoms with Gasteiger partial charge in [-0.1, -0.05) is 77.5 Å². The van der Waals surface area contributed by atoms with Crippen LogP contribution in [-0.4, -0.2) is 5.78 Å². The second kappa shape index (κ2) is 8.01. The van der Waals surface area contributed by atoms with E-state index in [9.17, 15) is 4.79 Å². The SMILES string of the molecule is CC(C)CCCC(C)C1CCCC2C3=CCC4=CC(=O)CCC4(C)C3CCC21C. The molecule has 29 heavy (non-hydrogen) atoms. The van der Waals surface area contributed by atoms with Gasteiger partial charge in [0.2, 0.25) is 0 Å². The molecular formula is C28H44O. The second-order valence-electron chi connectivity index (χ2n) is 12.0. The van der Waals surface area contributed by atoms with Crippen LogP contribution in [0.15, 0.2) is 23.3 Å². The maximum Gasteiger partial charge on any atom is 0.155 e. The quantitative estimate of drug-likeness (QED) is 0.431. The molecule has 0 bridgehead atoms. The summed E-state index contributed by atoms with van der Waals surface area (Å²) in [6, 6.07) is 0. The summed E-state index contributed by atoms with van der Waals surface area (Å²) in [7, 11) is 0. The Kier molecular flexibility index (Phi) is 5.91. The highest BCUT2D eigenvalue weighted by Gasteiger charge is 2.55. The van der Waals surface area contributed by atoms with Crippen molar-refractivity contribution in [2.75, 3.05) is 0 Å². The van der Waals surface area contributed by atoms with Crippen molar-refractivity contribution >= 4 is 5.78 Å². The number of carbonyl (C=O) groups excluding carboxylic acids is 1. The molecule has 0 aromatic rings. The Labute approximate surface area is 179 Å². The predicted octanol–water partition coefficient (Wildman–Crippen LogP) is 7.91. The lowest BCUT2D eigenvalue weighted by Gasteiger charge is -2.59. The summed E-state index contributed by atoms with van der Waals surface area (Å²) < 4.78 is 0. The van der Waals surface area contributed by atoms with Crippen LogP contribution in [0.4, 0.5) is 0 Å². The van der Waals surface area contributed by atoms with E-state index in [1.807, 2.05) is 11.6 Å². The zero-order valence-corrected chi connectivity index (χ0v) is 19.7. The van der Waals surface area contributed by atoms with Crippen LogP contribution in [-0.2, 0) is 4.79 Å². The first kappa shape index (κ1) is 21.4. The summed E-state index contributed by atoms with van der Waals surface area (Å²) in [6.07, 6.45) is 18.7. The summed E-state index contributed by atoms with van der Waals surface area (Å²) in [5.41, 5.74) is 4.02. The molecule has 2 saturated carbocycles. The van der Waals surface area contributed by atoms with Crippen molar-refractivity contribution in [2.45, 2.75) is 105 Å². The number of fused-ring (bicyclic) bond motifs is 5. The van der Waals surface area contributed by atoms with Crippen LogP contribution in [0.1, 0.15) is 105 Å². The first-order chi connectivity index (χ1) is 13.8. The van der Waals surface area contributed by atoms with Crippen molar-refractivity contribution in [3.8, 4) is 0 Å². The summed E-state index contributed by atoms with van der Waals surface area (Å²) >= 11 is 0. The normalized spacial score (nSPS) is 40.5. The second-order valence-corrected chi connectivity index (χ2v) is 12.0. The molecule has 1 heteroatoms. The molecule has 0 spiro atoms. The van der Waals surface area contributed by atoms with Crippen molar-refractivity contribution in [2.24, 2.45) is 40.4 Å². The molecule has 0 aromatic carbocycles. The van der Waals surface area contributed by atoms with Gasteiger partial charge in [0, 0.05) is 6.42 Å². The monoisotopic (exact) mass is 396 g/mol. The first-order valence-corrected chi connectivity index (χ1v) is 12.7. The summed E-state index contributed by atoms with van der Waals surface area (Å²) in [5.74, 6) is 4.45. The van der Waals surface area contributed by atoms with Crippen molar-refractivity contribution < 1.29 is 4.79 Å². The average Bonchev–Trinajstić information content (AvgIpc) is 2.67. The smallest absolute Gasteiger partial charge is 0.155 e. The average molecular weight is 397 g/mol. The number of hydrogen-bond acceptors (Lipinski definition) is 1. The van der Waals surface area contributed by atoms with Crippen LogP contribution in [0, 0.1) is 40.4 Å². The molecule has 1 nitrogen and oxygen atoms in total. The number of carbonyl (C=O) groups is 1. The van der Waals surface area contributed by atoms with Gasteiger partial charge in [-0.05, 0) is 85.0 Å². The molecule has 4 rings (SSSR count). The number of rotatable bonds is 5. The third kappa shape index (κ3) is 3.70. The number of hydrogen-bond donors (Lipinski definition) is 0. The predicted molar refractivity (Wildman–Crippen MR) is 123 cm³/mol. The third-order valence-corrected chi connectivity index (χ3v) is 9.84. The van der Waals surface area contributed by atoms with Gasteiger partial charge in [-0.2, -0.15) is 0 Å². The Morgan fingerprint density at radius 2 is 1.83 bits per heavy atom. The Bertz CT molecular complexity index is 697. The topological polar surface area (TPSA) is 17.1 Å². The highest BCUT2D eigenvalue weighted by atomic mass is 16.1. The minimum atomic E-state index is 0.259. The lowest BCUT2D eigenvalue weighted by Crippen LogP contribution is -2.50. The minimum Gasteiger partial charge on any atom is -0.295 e. The number of allylic oxidation sites excluding steroid dienone is 4. The lowest BCUT2D eigenvalue weighted by atomic mass is 9.45. The molecule has 0 heterocycles. The van der Waals surface area contributed by atoms with E-state index in [1.54, 1.807) is 0 Å². The van der Waals surface area contributed by atoms with Gasteiger partial charge in [0.25, 0.3) is 0 Å². The Morgan fingerprint density at radius 1 is 1.03 bits per heavy atom. The van der Waals surface area contributed by atoms with Crippen LogP contribution in [0.5, 0.6) is 0 Å². The van der Waals surface area contributed by atoms with Crippen molar-refractivity contribution in [1.82, 2.24) is 0 Å². The fourth-order valence-corrected chi connectivity index (χ4v) is 8.08.